The predicted octanol–water partition coefficient (Wildman–Crippen LogP) is 1.40. The van der Waals surface area contributed by atoms with Gasteiger partial charge in [-0.2, -0.15) is 10.6 Å². The fraction of sp³-hybridized carbons (Fsp3) is 0.625. The van der Waals surface area contributed by atoms with E-state index in [1.807, 2.05) is 11.7 Å². The molecule has 0 aliphatic heterocycles. The second-order valence-electron chi connectivity index (χ2n) is 2.71. The van der Waals surface area contributed by atoms with Crippen LogP contribution in [0.3, 0.4) is 0 Å². The summed E-state index contributed by atoms with van der Waals surface area (Å²) in [4.78, 5) is 4.79. The quantitative estimate of drug-likeness (QED) is 0.818. The lowest BCUT2D eigenvalue weighted by molar-refractivity contribution is 0.0848. The minimum Gasteiger partial charge on any atom is -0.305 e. The Morgan fingerprint density at radius 3 is 2.77 bits per heavy atom. The molecule has 0 fully saturated rings. The minimum atomic E-state index is 0.653. The van der Waals surface area contributed by atoms with E-state index in [1.165, 1.54) is 0 Å². The average molecular weight is 248 g/mol. The summed E-state index contributed by atoms with van der Waals surface area (Å²) in [5.74, 6) is 0. The van der Waals surface area contributed by atoms with Gasteiger partial charge in [0.15, 0.2) is 0 Å². The van der Waals surface area contributed by atoms with Crippen LogP contribution in [-0.2, 0) is 24.9 Å². The Balaban J connectivity index is 2.85. The van der Waals surface area contributed by atoms with Crippen LogP contribution in [0, 0.1) is 0 Å². The van der Waals surface area contributed by atoms with Crippen LogP contribution in [0.15, 0.2) is 4.47 Å². The summed E-state index contributed by atoms with van der Waals surface area (Å²) in [6, 6.07) is 0. The highest BCUT2D eigenvalue weighted by Crippen LogP contribution is 2.21. The maximum atomic E-state index is 4.79. The molecule has 4 nitrogen and oxygen atoms in total. The van der Waals surface area contributed by atoms with Gasteiger partial charge in [-0.15, -0.1) is 0 Å². The number of aryl methyl sites for hydroxylation is 2. The Morgan fingerprint density at radius 1 is 1.62 bits per heavy atom. The summed E-state index contributed by atoms with van der Waals surface area (Å²) in [5, 5.41) is 4.36. The first-order valence-electron chi connectivity index (χ1n) is 4.16. The van der Waals surface area contributed by atoms with Crippen molar-refractivity contribution in [3.63, 3.8) is 0 Å². The molecule has 0 amide bonds. The van der Waals surface area contributed by atoms with E-state index in [-0.39, 0.29) is 0 Å². The van der Waals surface area contributed by atoms with E-state index in [9.17, 15) is 0 Å². The molecule has 0 unspecified atom stereocenters. The van der Waals surface area contributed by atoms with Crippen molar-refractivity contribution in [2.24, 2.45) is 7.05 Å². The van der Waals surface area contributed by atoms with Crippen LogP contribution in [0.25, 0.3) is 0 Å². The molecule has 5 heteroatoms. The summed E-state index contributed by atoms with van der Waals surface area (Å²) in [6.07, 6.45) is 0.932. The maximum Gasteiger partial charge on any atom is 0.0767 e. The van der Waals surface area contributed by atoms with Crippen molar-refractivity contribution in [1.29, 1.82) is 0 Å². The van der Waals surface area contributed by atoms with Gasteiger partial charge in [0.25, 0.3) is 0 Å². The van der Waals surface area contributed by atoms with Gasteiger partial charge in [-0.3, -0.25) is 4.68 Å². The Labute approximate surface area is 86.3 Å². The Hall–Kier alpha value is -0.390. The van der Waals surface area contributed by atoms with Gasteiger partial charge in [0.1, 0.15) is 0 Å². The van der Waals surface area contributed by atoms with Crippen LogP contribution in [-0.4, -0.2) is 16.9 Å². The molecule has 0 aromatic carbocycles. The second kappa shape index (κ2) is 4.74. The number of hydrogen-bond acceptors (Lipinski definition) is 3. The lowest BCUT2D eigenvalue weighted by Gasteiger charge is -2.02. The monoisotopic (exact) mass is 247 g/mol. The largest absolute Gasteiger partial charge is 0.305 e. The normalized spacial score (nSPS) is 10.8. The van der Waals surface area contributed by atoms with E-state index in [2.05, 4.69) is 33.4 Å². The lowest BCUT2D eigenvalue weighted by Crippen LogP contribution is -2.14. The third-order valence-corrected chi connectivity index (χ3v) is 2.80. The van der Waals surface area contributed by atoms with Crippen molar-refractivity contribution in [1.82, 2.24) is 15.3 Å². The van der Waals surface area contributed by atoms with E-state index in [4.69, 9.17) is 4.84 Å². The minimum absolute atomic E-state index is 0.653. The first-order chi connectivity index (χ1) is 6.20. The van der Waals surface area contributed by atoms with Crippen molar-refractivity contribution in [2.45, 2.75) is 19.9 Å². The van der Waals surface area contributed by atoms with E-state index < -0.39 is 0 Å². The van der Waals surface area contributed by atoms with Crippen LogP contribution >= 0.6 is 15.9 Å². The van der Waals surface area contributed by atoms with E-state index >= 15 is 0 Å². The van der Waals surface area contributed by atoms with Crippen LogP contribution in [0.2, 0.25) is 0 Å². The average Bonchev–Trinajstić information content (AvgIpc) is 2.39. The van der Waals surface area contributed by atoms with Crippen LogP contribution in [0.1, 0.15) is 18.3 Å². The summed E-state index contributed by atoms with van der Waals surface area (Å²) >= 11 is 3.51. The molecule has 0 bridgehead atoms. The van der Waals surface area contributed by atoms with Gasteiger partial charge in [0, 0.05) is 7.05 Å². The molecule has 0 aliphatic carbocycles. The van der Waals surface area contributed by atoms with Crippen LogP contribution in [0.4, 0.5) is 0 Å². The molecule has 1 rings (SSSR count). The van der Waals surface area contributed by atoms with Gasteiger partial charge < -0.3 is 4.84 Å². The van der Waals surface area contributed by atoms with Crippen molar-refractivity contribution in [3.05, 3.63) is 15.9 Å². The zero-order valence-electron chi connectivity index (χ0n) is 8.09. The standard InChI is InChI=1S/C8H14BrN3O/c1-4-6-8(9)7(5-10-13-3)12(2)11-6/h10H,4-5H2,1-3H3. The van der Waals surface area contributed by atoms with Crippen molar-refractivity contribution in [2.75, 3.05) is 7.11 Å². The van der Waals surface area contributed by atoms with Gasteiger partial charge in [-0.1, -0.05) is 6.92 Å². The molecule has 1 heterocycles. The zero-order valence-corrected chi connectivity index (χ0v) is 9.68. The van der Waals surface area contributed by atoms with Gasteiger partial charge in [-0.05, 0) is 22.4 Å². The molecule has 0 saturated carbocycles. The molecule has 0 spiro atoms. The Morgan fingerprint density at radius 2 is 2.31 bits per heavy atom. The molecule has 1 aromatic rings. The fourth-order valence-corrected chi connectivity index (χ4v) is 1.91. The molecule has 0 atom stereocenters. The molecular weight excluding hydrogens is 234 g/mol. The third kappa shape index (κ3) is 2.30. The number of rotatable bonds is 4. The highest BCUT2D eigenvalue weighted by atomic mass is 79.9. The lowest BCUT2D eigenvalue weighted by atomic mass is 10.3. The molecule has 0 aliphatic rings. The van der Waals surface area contributed by atoms with Crippen molar-refractivity contribution >= 4 is 15.9 Å². The van der Waals surface area contributed by atoms with E-state index in [0.717, 1.165) is 22.3 Å². The molecule has 13 heavy (non-hydrogen) atoms. The highest BCUT2D eigenvalue weighted by molar-refractivity contribution is 9.10. The summed E-state index contributed by atoms with van der Waals surface area (Å²) < 4.78 is 2.93. The Kier molecular flexibility index (Phi) is 3.90. The highest BCUT2D eigenvalue weighted by Gasteiger charge is 2.11. The van der Waals surface area contributed by atoms with Crippen LogP contribution < -0.4 is 5.48 Å². The number of hydroxylamine groups is 1. The smallest absolute Gasteiger partial charge is 0.0767 e. The topological polar surface area (TPSA) is 39.1 Å². The first-order valence-corrected chi connectivity index (χ1v) is 4.96. The zero-order chi connectivity index (χ0) is 9.84. The number of halogens is 1. The number of nitrogens with one attached hydrogen (secondary N) is 1. The van der Waals surface area contributed by atoms with E-state index in [0.29, 0.717) is 6.54 Å². The molecule has 1 N–H and O–H groups in total. The van der Waals surface area contributed by atoms with Gasteiger partial charge >= 0.3 is 0 Å². The molecular formula is C8H14BrN3O. The second-order valence-corrected chi connectivity index (χ2v) is 3.50. The summed E-state index contributed by atoms with van der Waals surface area (Å²) in [7, 11) is 3.53. The Bertz CT molecular complexity index is 285. The predicted molar refractivity (Wildman–Crippen MR) is 54.1 cm³/mol. The fourth-order valence-electron chi connectivity index (χ4n) is 1.15. The van der Waals surface area contributed by atoms with Crippen molar-refractivity contribution in [3.8, 4) is 0 Å². The molecule has 1 aromatic heterocycles. The molecule has 0 radical (unpaired) electrons. The van der Waals surface area contributed by atoms with Crippen LogP contribution in [0.5, 0.6) is 0 Å². The molecule has 0 saturated heterocycles. The number of nitrogens with zero attached hydrogens (tertiary/aromatic N) is 2. The summed E-state index contributed by atoms with van der Waals surface area (Å²) in [5.41, 5.74) is 4.97. The van der Waals surface area contributed by atoms with Gasteiger partial charge in [0.2, 0.25) is 0 Å². The third-order valence-electron chi connectivity index (χ3n) is 1.89. The van der Waals surface area contributed by atoms with E-state index in [1.54, 1.807) is 7.11 Å². The number of hydrogen-bond donors (Lipinski definition) is 1. The maximum absolute atomic E-state index is 4.79. The van der Waals surface area contributed by atoms with Crippen molar-refractivity contribution < 1.29 is 4.84 Å². The molecule has 74 valence electrons. The SMILES string of the molecule is CCc1nn(C)c(CNOC)c1Br. The summed E-state index contributed by atoms with van der Waals surface area (Å²) in [6.45, 7) is 2.74. The van der Waals surface area contributed by atoms with Gasteiger partial charge in [-0.25, -0.2) is 0 Å². The van der Waals surface area contributed by atoms with Gasteiger partial charge in [0.05, 0.1) is 29.5 Å². The first kappa shape index (κ1) is 10.7. The number of aromatic nitrogens is 2.